The SMILES string of the molecule is CCCN(Cc1ccc(C(=O)Nc2cccc(-c3cccc(CC(=O)c4cc(C)c5c(n4)CN(C4CCN(C(=O)OC(C)(C)C)CC4)CC5)c3Cl)c2C)nc1)C(=O)OC(C)(C)C. The zero-order chi connectivity index (χ0) is 44.9. The minimum absolute atomic E-state index is 0.0792. The molecule has 0 aliphatic carbocycles. The standard InChI is InChI=1S/C49H61ClN6O6/c1-10-22-56(47(60)62-49(7,8)9)29-33-17-18-40(51-28-33)45(58)53-39-16-12-14-37(32(39)3)38-15-11-13-34(44(38)50)27-43(57)41-26-31(2)36-21-25-55(30-42(36)52-41)35-19-23-54(24-20-35)46(59)61-48(4,5)6/h11-18,26,28,35H,10,19-25,27,29-30H2,1-9H3,(H,53,58). The predicted octanol–water partition coefficient (Wildman–Crippen LogP) is 10.00. The number of amides is 3. The Morgan fingerprint density at radius 2 is 1.58 bits per heavy atom. The van der Waals surface area contributed by atoms with Gasteiger partial charge in [-0.2, -0.15) is 0 Å². The van der Waals surface area contributed by atoms with Gasteiger partial charge in [0.15, 0.2) is 5.78 Å². The fraction of sp³-hybridized carbons (Fsp3) is 0.469. The molecule has 12 nitrogen and oxygen atoms in total. The fourth-order valence-electron chi connectivity index (χ4n) is 8.10. The highest BCUT2D eigenvalue weighted by molar-refractivity contribution is 6.34. The first-order chi connectivity index (χ1) is 29.3. The van der Waals surface area contributed by atoms with Crippen LogP contribution in [0.4, 0.5) is 15.3 Å². The number of piperidine rings is 1. The topological polar surface area (TPSA) is 134 Å². The first-order valence-corrected chi connectivity index (χ1v) is 22.0. The van der Waals surface area contributed by atoms with Crippen molar-refractivity contribution in [3.63, 3.8) is 0 Å². The number of pyridine rings is 2. The van der Waals surface area contributed by atoms with Gasteiger partial charge in [0, 0.05) is 62.6 Å². The molecule has 0 saturated carbocycles. The minimum Gasteiger partial charge on any atom is -0.444 e. The van der Waals surface area contributed by atoms with Gasteiger partial charge in [-0.05, 0) is 133 Å². The van der Waals surface area contributed by atoms with Crippen LogP contribution < -0.4 is 5.32 Å². The van der Waals surface area contributed by atoms with E-state index in [1.165, 1.54) is 5.56 Å². The Morgan fingerprint density at radius 3 is 2.24 bits per heavy atom. The number of hydrogen-bond donors (Lipinski definition) is 1. The molecule has 1 N–H and O–H groups in total. The Hall–Kier alpha value is -5.33. The number of ether oxygens (including phenoxy) is 2. The number of fused-ring (bicyclic) bond motifs is 1. The molecule has 2 aliphatic rings. The van der Waals surface area contributed by atoms with E-state index in [4.69, 9.17) is 26.1 Å². The third kappa shape index (κ3) is 11.6. The van der Waals surface area contributed by atoms with Crippen LogP contribution >= 0.6 is 11.6 Å². The van der Waals surface area contributed by atoms with Gasteiger partial charge in [0.25, 0.3) is 5.91 Å². The van der Waals surface area contributed by atoms with E-state index in [-0.39, 0.29) is 29.9 Å². The summed E-state index contributed by atoms with van der Waals surface area (Å²) in [6.07, 6.45) is 4.38. The highest BCUT2D eigenvalue weighted by Gasteiger charge is 2.32. The van der Waals surface area contributed by atoms with Gasteiger partial charge in [-0.25, -0.2) is 14.6 Å². The molecule has 330 valence electrons. The van der Waals surface area contributed by atoms with E-state index in [1.54, 1.807) is 28.1 Å². The average Bonchev–Trinajstić information content (AvgIpc) is 3.21. The number of aromatic nitrogens is 2. The Balaban J connectivity index is 1.11. The maximum Gasteiger partial charge on any atom is 0.410 e. The molecular weight excluding hydrogens is 804 g/mol. The number of carbonyl (C=O) groups is 4. The third-order valence-corrected chi connectivity index (χ3v) is 11.7. The second kappa shape index (κ2) is 19.4. The Kier molecular flexibility index (Phi) is 14.4. The van der Waals surface area contributed by atoms with Gasteiger partial charge < -0.3 is 24.6 Å². The van der Waals surface area contributed by atoms with Gasteiger partial charge in [-0.3, -0.25) is 19.5 Å². The molecule has 0 bridgehead atoms. The van der Waals surface area contributed by atoms with E-state index in [0.29, 0.717) is 60.7 Å². The van der Waals surface area contributed by atoms with Gasteiger partial charge in [-0.15, -0.1) is 0 Å². The largest absolute Gasteiger partial charge is 0.444 e. The van der Waals surface area contributed by atoms with E-state index < -0.39 is 17.3 Å². The number of benzene rings is 2. The highest BCUT2D eigenvalue weighted by atomic mass is 35.5. The van der Waals surface area contributed by atoms with Crippen molar-refractivity contribution in [2.24, 2.45) is 0 Å². The number of anilines is 1. The van der Waals surface area contributed by atoms with Gasteiger partial charge in [0.1, 0.15) is 22.6 Å². The summed E-state index contributed by atoms with van der Waals surface area (Å²) < 4.78 is 11.2. The molecule has 2 aromatic heterocycles. The lowest BCUT2D eigenvalue weighted by Crippen LogP contribution is -2.49. The number of Topliss-reactive ketones (excluding diaryl/α,β-unsaturated/α-hetero) is 1. The van der Waals surface area contributed by atoms with Crippen LogP contribution in [0.2, 0.25) is 5.02 Å². The molecule has 13 heteroatoms. The number of halogens is 1. The smallest absolute Gasteiger partial charge is 0.410 e. The van der Waals surface area contributed by atoms with Crippen LogP contribution in [0, 0.1) is 13.8 Å². The van der Waals surface area contributed by atoms with Crippen molar-refractivity contribution in [3.05, 3.63) is 111 Å². The van der Waals surface area contributed by atoms with Crippen LogP contribution in [0.3, 0.4) is 0 Å². The summed E-state index contributed by atoms with van der Waals surface area (Å²) in [5.74, 6) is -0.490. The lowest BCUT2D eigenvalue weighted by Gasteiger charge is -2.40. The summed E-state index contributed by atoms with van der Waals surface area (Å²) in [6, 6.07) is 17.0. The molecular formula is C49H61ClN6O6. The quantitative estimate of drug-likeness (QED) is 0.146. The van der Waals surface area contributed by atoms with Crippen molar-refractivity contribution in [1.29, 1.82) is 0 Å². The fourth-order valence-corrected chi connectivity index (χ4v) is 8.39. The summed E-state index contributed by atoms with van der Waals surface area (Å²) >= 11 is 7.09. The summed E-state index contributed by atoms with van der Waals surface area (Å²) in [7, 11) is 0. The maximum atomic E-state index is 13.9. The van der Waals surface area contributed by atoms with E-state index in [1.807, 2.05) is 97.9 Å². The molecule has 2 aliphatic heterocycles. The van der Waals surface area contributed by atoms with E-state index in [0.717, 1.165) is 65.7 Å². The second-order valence-electron chi connectivity index (χ2n) is 18.4. The van der Waals surface area contributed by atoms with Crippen molar-refractivity contribution in [1.82, 2.24) is 24.7 Å². The Morgan fingerprint density at radius 1 is 0.887 bits per heavy atom. The third-order valence-electron chi connectivity index (χ3n) is 11.2. The lowest BCUT2D eigenvalue weighted by molar-refractivity contribution is 0.0131. The van der Waals surface area contributed by atoms with Crippen LogP contribution in [0.1, 0.15) is 122 Å². The van der Waals surface area contributed by atoms with Gasteiger partial charge in [0.05, 0.1) is 17.3 Å². The van der Waals surface area contributed by atoms with Gasteiger partial charge in [-0.1, -0.05) is 54.9 Å². The van der Waals surface area contributed by atoms with Gasteiger partial charge in [0.2, 0.25) is 0 Å². The highest BCUT2D eigenvalue weighted by Crippen LogP contribution is 2.36. The predicted molar refractivity (Wildman–Crippen MR) is 243 cm³/mol. The molecule has 3 amide bonds. The Bertz CT molecular complexity index is 2290. The zero-order valence-corrected chi connectivity index (χ0v) is 38.4. The van der Waals surface area contributed by atoms with Crippen LogP contribution in [-0.4, -0.2) is 92.0 Å². The number of aryl methyl sites for hydroxylation is 1. The molecule has 2 aromatic carbocycles. The minimum atomic E-state index is -0.607. The van der Waals surface area contributed by atoms with E-state index >= 15 is 0 Å². The lowest BCUT2D eigenvalue weighted by atomic mass is 9.93. The molecule has 0 unspecified atom stereocenters. The average molecular weight is 866 g/mol. The monoisotopic (exact) mass is 864 g/mol. The molecule has 0 radical (unpaired) electrons. The maximum absolute atomic E-state index is 13.9. The number of likely N-dealkylation sites (tertiary alicyclic amines) is 1. The van der Waals surface area contributed by atoms with Crippen molar-refractivity contribution in [3.8, 4) is 11.1 Å². The summed E-state index contributed by atoms with van der Waals surface area (Å²) in [6.45, 7) is 20.8. The summed E-state index contributed by atoms with van der Waals surface area (Å²) in [5, 5.41) is 3.47. The summed E-state index contributed by atoms with van der Waals surface area (Å²) in [4.78, 5) is 68.0. The number of rotatable bonds is 11. The first kappa shape index (κ1) is 46.2. The molecule has 4 heterocycles. The molecule has 4 aromatic rings. The first-order valence-electron chi connectivity index (χ1n) is 21.7. The number of ketones is 1. The van der Waals surface area contributed by atoms with Crippen molar-refractivity contribution in [2.45, 2.75) is 125 Å². The number of nitrogens with zero attached hydrogens (tertiary/aromatic N) is 5. The van der Waals surface area contributed by atoms with Crippen LogP contribution in [0.25, 0.3) is 11.1 Å². The molecule has 6 rings (SSSR count). The zero-order valence-electron chi connectivity index (χ0n) is 37.7. The van der Waals surface area contributed by atoms with E-state index in [9.17, 15) is 19.2 Å². The molecule has 0 atom stereocenters. The van der Waals surface area contributed by atoms with Crippen LogP contribution in [-0.2, 0) is 35.4 Å². The number of hydrogen-bond acceptors (Lipinski definition) is 9. The summed E-state index contributed by atoms with van der Waals surface area (Å²) in [5.41, 5.74) is 7.18. The van der Waals surface area contributed by atoms with Crippen LogP contribution in [0.15, 0.2) is 60.8 Å². The second-order valence-corrected chi connectivity index (χ2v) is 18.8. The van der Waals surface area contributed by atoms with Crippen molar-refractivity contribution in [2.75, 3.05) is 31.5 Å². The molecule has 0 spiro atoms. The molecule has 1 fully saturated rings. The Labute approximate surface area is 371 Å². The van der Waals surface area contributed by atoms with Crippen molar-refractivity contribution >= 4 is 41.2 Å². The van der Waals surface area contributed by atoms with Crippen molar-refractivity contribution < 1.29 is 28.7 Å². The van der Waals surface area contributed by atoms with E-state index in [2.05, 4.69) is 22.1 Å². The molecule has 1 saturated heterocycles. The number of carbonyl (C=O) groups excluding carboxylic acids is 4. The number of nitrogens with one attached hydrogen (secondary N) is 1. The normalized spacial score (nSPS) is 14.8. The van der Waals surface area contributed by atoms with Gasteiger partial charge >= 0.3 is 12.2 Å². The van der Waals surface area contributed by atoms with Crippen LogP contribution in [0.5, 0.6) is 0 Å². The molecule has 62 heavy (non-hydrogen) atoms.